The van der Waals surface area contributed by atoms with Crippen molar-refractivity contribution >= 4 is 36.5 Å². The first kappa shape index (κ1) is 19.9. The van der Waals surface area contributed by atoms with Crippen LogP contribution in [0, 0.1) is 0 Å². The molecule has 0 atom stereocenters. The Morgan fingerprint density at radius 2 is 1.74 bits per heavy atom. The number of amides is 1. The maximum atomic E-state index is 12.2. The molecular formula is C15H25Cl2N5O. The molecule has 23 heavy (non-hydrogen) atoms. The van der Waals surface area contributed by atoms with Crippen molar-refractivity contribution in [1.82, 2.24) is 15.5 Å². The summed E-state index contributed by atoms with van der Waals surface area (Å²) in [7, 11) is 0. The van der Waals surface area contributed by atoms with Crippen molar-refractivity contribution in [3.8, 4) is 0 Å². The predicted octanol–water partition coefficient (Wildman–Crippen LogP) is 1.92. The van der Waals surface area contributed by atoms with Crippen LogP contribution in [0.1, 0.15) is 49.0 Å². The molecule has 1 aromatic heterocycles. The zero-order chi connectivity index (χ0) is 14.7. The van der Waals surface area contributed by atoms with Crippen LogP contribution in [0.15, 0.2) is 12.1 Å². The molecule has 0 radical (unpaired) electrons. The second kappa shape index (κ2) is 9.25. The standard InChI is InChI=1S/C15H23N5O.2ClH/c16-11-3-5-12(6-4-11)17-15(21)13-7-8-14(19-18-13)20-9-1-2-10-20;;/h7-8,11-12H,1-6,9-10,16H2,(H,17,21);2*1H. The summed E-state index contributed by atoms with van der Waals surface area (Å²) in [5.74, 6) is 0.739. The number of hydrogen-bond donors (Lipinski definition) is 2. The van der Waals surface area contributed by atoms with Gasteiger partial charge in [0.05, 0.1) is 0 Å². The van der Waals surface area contributed by atoms with Crippen LogP contribution in [0.25, 0.3) is 0 Å². The summed E-state index contributed by atoms with van der Waals surface area (Å²) in [5.41, 5.74) is 6.27. The molecule has 1 aromatic rings. The molecule has 1 amide bonds. The third-order valence-corrected chi connectivity index (χ3v) is 4.42. The predicted molar refractivity (Wildman–Crippen MR) is 95.7 cm³/mol. The van der Waals surface area contributed by atoms with Crippen molar-refractivity contribution in [3.63, 3.8) is 0 Å². The van der Waals surface area contributed by atoms with Gasteiger partial charge in [-0.25, -0.2) is 0 Å². The third kappa shape index (κ3) is 5.19. The van der Waals surface area contributed by atoms with Crippen molar-refractivity contribution in [2.45, 2.75) is 50.6 Å². The van der Waals surface area contributed by atoms with Gasteiger partial charge >= 0.3 is 0 Å². The van der Waals surface area contributed by atoms with Crippen LogP contribution < -0.4 is 16.0 Å². The molecule has 1 aliphatic heterocycles. The summed E-state index contributed by atoms with van der Waals surface area (Å²) in [5, 5.41) is 11.3. The quantitative estimate of drug-likeness (QED) is 0.858. The Labute approximate surface area is 149 Å². The zero-order valence-corrected chi connectivity index (χ0v) is 14.7. The molecule has 2 aliphatic rings. The highest BCUT2D eigenvalue weighted by Gasteiger charge is 2.21. The number of aromatic nitrogens is 2. The second-order valence-electron chi connectivity index (χ2n) is 6.06. The first-order valence-corrected chi connectivity index (χ1v) is 7.87. The third-order valence-electron chi connectivity index (χ3n) is 4.42. The second-order valence-corrected chi connectivity index (χ2v) is 6.06. The van der Waals surface area contributed by atoms with Crippen LogP contribution in [0.5, 0.6) is 0 Å². The number of halogens is 2. The molecule has 3 N–H and O–H groups in total. The Morgan fingerprint density at radius 3 is 2.30 bits per heavy atom. The lowest BCUT2D eigenvalue weighted by Crippen LogP contribution is -2.40. The van der Waals surface area contributed by atoms with Crippen molar-refractivity contribution < 1.29 is 4.79 Å². The molecule has 0 bridgehead atoms. The number of hydrogen-bond acceptors (Lipinski definition) is 5. The van der Waals surface area contributed by atoms with Crippen LogP contribution >= 0.6 is 24.8 Å². The minimum atomic E-state index is -0.129. The average Bonchev–Trinajstić information content (AvgIpc) is 3.04. The van der Waals surface area contributed by atoms with Gasteiger partial charge in [-0.15, -0.1) is 35.0 Å². The molecule has 3 rings (SSSR count). The smallest absolute Gasteiger partial charge is 0.272 e. The van der Waals surface area contributed by atoms with Gasteiger partial charge in [-0.2, -0.15) is 0 Å². The Hall–Kier alpha value is -1.11. The summed E-state index contributed by atoms with van der Waals surface area (Å²) < 4.78 is 0. The number of anilines is 1. The van der Waals surface area contributed by atoms with E-state index < -0.39 is 0 Å². The SMILES string of the molecule is Cl.Cl.NC1CCC(NC(=O)c2ccc(N3CCCC3)nn2)CC1. The number of nitrogens with zero attached hydrogens (tertiary/aromatic N) is 3. The van der Waals surface area contributed by atoms with Crippen LogP contribution in [0.4, 0.5) is 5.82 Å². The van der Waals surface area contributed by atoms with E-state index in [9.17, 15) is 4.79 Å². The Morgan fingerprint density at radius 1 is 1.09 bits per heavy atom. The lowest BCUT2D eigenvalue weighted by Gasteiger charge is -2.26. The zero-order valence-electron chi connectivity index (χ0n) is 13.1. The van der Waals surface area contributed by atoms with E-state index in [1.54, 1.807) is 6.07 Å². The fraction of sp³-hybridized carbons (Fsp3) is 0.667. The molecular weight excluding hydrogens is 337 g/mol. The fourth-order valence-electron chi connectivity index (χ4n) is 3.08. The molecule has 2 fully saturated rings. The number of nitrogens with two attached hydrogens (primary N) is 1. The minimum absolute atomic E-state index is 0. The minimum Gasteiger partial charge on any atom is -0.355 e. The summed E-state index contributed by atoms with van der Waals surface area (Å²) >= 11 is 0. The van der Waals surface area contributed by atoms with E-state index >= 15 is 0 Å². The average molecular weight is 362 g/mol. The van der Waals surface area contributed by atoms with Gasteiger partial charge in [0.25, 0.3) is 5.91 Å². The lowest BCUT2D eigenvalue weighted by atomic mass is 9.92. The van der Waals surface area contributed by atoms with Crippen molar-refractivity contribution in [2.75, 3.05) is 18.0 Å². The number of nitrogens with one attached hydrogen (secondary N) is 1. The molecule has 8 heteroatoms. The van der Waals surface area contributed by atoms with Crippen LogP contribution in [-0.2, 0) is 0 Å². The molecule has 6 nitrogen and oxygen atoms in total. The Balaban J connectivity index is 0.00000132. The van der Waals surface area contributed by atoms with Gasteiger partial charge in [0.1, 0.15) is 0 Å². The van der Waals surface area contributed by atoms with Crippen LogP contribution in [0.3, 0.4) is 0 Å². The van der Waals surface area contributed by atoms with E-state index in [1.807, 2.05) is 6.07 Å². The highest BCUT2D eigenvalue weighted by molar-refractivity contribution is 5.92. The first-order chi connectivity index (χ1) is 10.2. The Kier molecular flexibility index (Phi) is 8.02. The van der Waals surface area contributed by atoms with E-state index in [2.05, 4.69) is 20.4 Å². The highest BCUT2D eigenvalue weighted by Crippen LogP contribution is 2.18. The van der Waals surface area contributed by atoms with E-state index in [0.717, 1.165) is 44.6 Å². The van der Waals surface area contributed by atoms with Gasteiger partial charge < -0.3 is 16.0 Å². The van der Waals surface area contributed by atoms with Gasteiger partial charge in [-0.1, -0.05) is 0 Å². The van der Waals surface area contributed by atoms with Gasteiger partial charge in [0, 0.05) is 25.2 Å². The van der Waals surface area contributed by atoms with E-state index in [0.29, 0.717) is 5.69 Å². The van der Waals surface area contributed by atoms with Crippen LogP contribution in [0.2, 0.25) is 0 Å². The largest absolute Gasteiger partial charge is 0.355 e. The molecule has 2 heterocycles. The van der Waals surface area contributed by atoms with Gasteiger partial charge in [0.2, 0.25) is 0 Å². The monoisotopic (exact) mass is 361 g/mol. The van der Waals surface area contributed by atoms with Gasteiger partial charge in [-0.05, 0) is 50.7 Å². The topological polar surface area (TPSA) is 84.1 Å². The van der Waals surface area contributed by atoms with E-state index in [4.69, 9.17) is 5.73 Å². The molecule has 0 spiro atoms. The maximum absolute atomic E-state index is 12.2. The van der Waals surface area contributed by atoms with E-state index in [-0.39, 0.29) is 42.8 Å². The molecule has 1 saturated carbocycles. The normalized spacial score (nSPS) is 23.6. The molecule has 1 aliphatic carbocycles. The summed E-state index contributed by atoms with van der Waals surface area (Å²) in [6.45, 7) is 2.06. The lowest BCUT2D eigenvalue weighted by molar-refractivity contribution is 0.0920. The molecule has 130 valence electrons. The molecule has 0 aromatic carbocycles. The number of carbonyl (C=O) groups excluding carboxylic acids is 1. The maximum Gasteiger partial charge on any atom is 0.272 e. The number of carbonyl (C=O) groups is 1. The number of rotatable bonds is 3. The van der Waals surface area contributed by atoms with Crippen molar-refractivity contribution in [2.24, 2.45) is 5.73 Å². The first-order valence-electron chi connectivity index (χ1n) is 7.87. The van der Waals surface area contributed by atoms with Crippen molar-refractivity contribution in [3.05, 3.63) is 17.8 Å². The molecule has 0 unspecified atom stereocenters. The summed E-state index contributed by atoms with van der Waals surface area (Å²) in [6, 6.07) is 4.17. The van der Waals surface area contributed by atoms with Crippen LogP contribution in [-0.4, -0.2) is 41.3 Å². The Bertz CT molecular complexity index is 485. The van der Waals surface area contributed by atoms with E-state index in [1.165, 1.54) is 12.8 Å². The van der Waals surface area contributed by atoms with Crippen molar-refractivity contribution in [1.29, 1.82) is 0 Å². The highest BCUT2D eigenvalue weighted by atomic mass is 35.5. The van der Waals surface area contributed by atoms with Gasteiger partial charge in [-0.3, -0.25) is 4.79 Å². The fourth-order valence-corrected chi connectivity index (χ4v) is 3.08. The van der Waals surface area contributed by atoms with Gasteiger partial charge in [0.15, 0.2) is 11.5 Å². The molecule has 1 saturated heterocycles. The summed E-state index contributed by atoms with van der Waals surface area (Å²) in [6.07, 6.45) is 6.26. The summed E-state index contributed by atoms with van der Waals surface area (Å²) in [4.78, 5) is 14.4.